The molecule has 0 radical (unpaired) electrons. The highest BCUT2D eigenvalue weighted by Gasteiger charge is 2.06. The number of nitrogens with one attached hydrogen (secondary N) is 2. The van der Waals surface area contributed by atoms with E-state index in [0.717, 1.165) is 18.5 Å². The molecule has 0 aliphatic rings. The number of H-pyrrole nitrogens is 1. The molecule has 0 aliphatic heterocycles. The summed E-state index contributed by atoms with van der Waals surface area (Å²) in [6.07, 6.45) is 3.83. The Bertz CT molecular complexity index is 630. The summed E-state index contributed by atoms with van der Waals surface area (Å²) < 4.78 is 1.51. The molecule has 0 aliphatic carbocycles. The van der Waals surface area contributed by atoms with Crippen LogP contribution in [0.15, 0.2) is 35.3 Å². The molecule has 0 bridgehead atoms. The van der Waals surface area contributed by atoms with Crippen molar-refractivity contribution in [2.45, 2.75) is 32.7 Å². The van der Waals surface area contributed by atoms with Gasteiger partial charge in [0, 0.05) is 37.0 Å². The van der Waals surface area contributed by atoms with Gasteiger partial charge in [0.1, 0.15) is 0 Å². The number of carbonyl (C=O) groups excluding carboxylic acids is 1. The van der Waals surface area contributed by atoms with Crippen molar-refractivity contribution in [2.75, 3.05) is 5.32 Å². The molecular weight excluding hydrogens is 256 g/mol. The van der Waals surface area contributed by atoms with E-state index in [2.05, 4.69) is 22.4 Å². The lowest BCUT2D eigenvalue weighted by Gasteiger charge is -2.04. The highest BCUT2D eigenvalue weighted by Crippen LogP contribution is 2.07. The van der Waals surface area contributed by atoms with Crippen molar-refractivity contribution < 1.29 is 4.79 Å². The molecule has 2 aromatic heterocycles. The fourth-order valence-corrected chi connectivity index (χ4v) is 1.90. The van der Waals surface area contributed by atoms with Gasteiger partial charge < -0.3 is 9.88 Å². The molecule has 106 valence electrons. The third-order valence-corrected chi connectivity index (χ3v) is 2.90. The van der Waals surface area contributed by atoms with Crippen molar-refractivity contribution in [2.24, 2.45) is 0 Å². The maximum absolute atomic E-state index is 11.8. The number of anilines is 1. The minimum absolute atomic E-state index is 0.106. The largest absolute Gasteiger partial charge is 0.315 e. The Labute approximate surface area is 116 Å². The maximum Gasteiger partial charge on any atom is 0.250 e. The molecular formula is C14H18N4O2. The summed E-state index contributed by atoms with van der Waals surface area (Å²) in [6.45, 7) is 2.44. The summed E-state index contributed by atoms with van der Waals surface area (Å²) in [5.74, 6) is 0.370. The first-order valence-electron chi connectivity index (χ1n) is 6.68. The molecule has 0 aromatic carbocycles. The van der Waals surface area contributed by atoms with Crippen LogP contribution in [0.25, 0.3) is 0 Å². The molecule has 6 nitrogen and oxygen atoms in total. The van der Waals surface area contributed by atoms with E-state index in [-0.39, 0.29) is 17.9 Å². The van der Waals surface area contributed by atoms with E-state index in [1.54, 1.807) is 18.3 Å². The van der Waals surface area contributed by atoms with Crippen molar-refractivity contribution in [3.8, 4) is 0 Å². The topological polar surface area (TPSA) is 79.8 Å². The van der Waals surface area contributed by atoms with Crippen LogP contribution in [-0.2, 0) is 17.8 Å². The van der Waals surface area contributed by atoms with Crippen LogP contribution in [0, 0.1) is 0 Å². The number of nitrogens with zero attached hydrogens (tertiary/aromatic N) is 2. The molecule has 0 saturated heterocycles. The van der Waals surface area contributed by atoms with Gasteiger partial charge in [0.25, 0.3) is 5.56 Å². The minimum Gasteiger partial charge on any atom is -0.315 e. The van der Waals surface area contributed by atoms with Crippen molar-refractivity contribution in [1.29, 1.82) is 0 Å². The second-order valence-corrected chi connectivity index (χ2v) is 4.56. The lowest BCUT2D eigenvalue weighted by Crippen LogP contribution is -2.21. The lowest BCUT2D eigenvalue weighted by atomic mass is 10.2. The number of rotatable bonds is 6. The summed E-state index contributed by atoms with van der Waals surface area (Å²) >= 11 is 0. The van der Waals surface area contributed by atoms with Crippen molar-refractivity contribution in [3.05, 3.63) is 46.5 Å². The number of aryl methyl sites for hydroxylation is 2. The molecule has 0 saturated carbocycles. The van der Waals surface area contributed by atoms with Gasteiger partial charge in [-0.25, -0.2) is 0 Å². The molecule has 6 heteroatoms. The third kappa shape index (κ3) is 3.81. The fraction of sp³-hybridized carbons (Fsp3) is 0.357. The van der Waals surface area contributed by atoms with Crippen LogP contribution in [0.2, 0.25) is 0 Å². The number of aromatic nitrogens is 3. The Hall–Kier alpha value is -2.37. The molecule has 20 heavy (non-hydrogen) atoms. The van der Waals surface area contributed by atoms with Crippen molar-refractivity contribution in [1.82, 2.24) is 14.8 Å². The Morgan fingerprint density at radius 3 is 3.05 bits per heavy atom. The predicted molar refractivity (Wildman–Crippen MR) is 76.5 cm³/mol. The van der Waals surface area contributed by atoms with Crippen LogP contribution in [0.5, 0.6) is 0 Å². The van der Waals surface area contributed by atoms with E-state index in [4.69, 9.17) is 0 Å². The van der Waals surface area contributed by atoms with Crippen LogP contribution in [0.1, 0.15) is 25.5 Å². The summed E-state index contributed by atoms with van der Waals surface area (Å²) in [7, 11) is 0. The highest BCUT2D eigenvalue weighted by molar-refractivity contribution is 5.89. The average Bonchev–Trinajstić information content (AvgIpc) is 2.85. The van der Waals surface area contributed by atoms with Gasteiger partial charge in [0.2, 0.25) is 5.91 Å². The van der Waals surface area contributed by atoms with Crippen LogP contribution < -0.4 is 10.9 Å². The van der Waals surface area contributed by atoms with Gasteiger partial charge in [0.05, 0.1) is 0 Å². The molecule has 2 N–H and O–H groups in total. The van der Waals surface area contributed by atoms with Gasteiger partial charge in [0.15, 0.2) is 5.82 Å². The van der Waals surface area contributed by atoms with Gasteiger partial charge >= 0.3 is 0 Å². The van der Waals surface area contributed by atoms with Gasteiger partial charge in [-0.15, -0.1) is 0 Å². The van der Waals surface area contributed by atoms with Crippen molar-refractivity contribution in [3.63, 3.8) is 0 Å². The number of amides is 1. The van der Waals surface area contributed by atoms with E-state index in [1.807, 2.05) is 6.07 Å². The molecule has 0 fully saturated rings. The highest BCUT2D eigenvalue weighted by atomic mass is 16.2. The summed E-state index contributed by atoms with van der Waals surface area (Å²) in [6, 6.07) is 6.75. The first-order chi connectivity index (χ1) is 9.69. The molecule has 1 amide bonds. The normalized spacial score (nSPS) is 10.4. The fourth-order valence-electron chi connectivity index (χ4n) is 1.90. The number of aromatic amines is 1. The molecule has 2 heterocycles. The smallest absolute Gasteiger partial charge is 0.250 e. The number of hydrogen-bond acceptors (Lipinski definition) is 3. The first-order valence-corrected chi connectivity index (χ1v) is 6.68. The molecule has 0 unspecified atom stereocenters. The van der Waals surface area contributed by atoms with Crippen LogP contribution in [0.3, 0.4) is 0 Å². The summed E-state index contributed by atoms with van der Waals surface area (Å²) in [5, 5.41) is 9.61. The average molecular weight is 274 g/mol. The van der Waals surface area contributed by atoms with Crippen LogP contribution >= 0.6 is 0 Å². The van der Waals surface area contributed by atoms with E-state index in [0.29, 0.717) is 12.4 Å². The second-order valence-electron chi connectivity index (χ2n) is 4.56. The van der Waals surface area contributed by atoms with Crippen LogP contribution in [0.4, 0.5) is 5.82 Å². The second kappa shape index (κ2) is 6.70. The quantitative estimate of drug-likeness (QED) is 0.838. The Kier molecular flexibility index (Phi) is 4.70. The Balaban J connectivity index is 1.86. The number of hydrogen-bond donors (Lipinski definition) is 2. The Morgan fingerprint density at radius 2 is 2.30 bits per heavy atom. The monoisotopic (exact) mass is 274 g/mol. The van der Waals surface area contributed by atoms with E-state index in [9.17, 15) is 9.59 Å². The standard InChI is InChI=1S/C14H18N4O2/c1-2-5-11-10-12(17-16-11)15-13(19)7-9-18-8-4-3-6-14(18)20/h3-4,6,8,10H,2,5,7,9H2,1H3,(H2,15,16,17,19). The zero-order valence-electron chi connectivity index (χ0n) is 11.4. The predicted octanol–water partition coefficient (Wildman–Crippen LogP) is 1.55. The number of carbonyl (C=O) groups is 1. The van der Waals surface area contributed by atoms with Gasteiger partial charge in [-0.05, 0) is 12.5 Å². The van der Waals surface area contributed by atoms with Gasteiger partial charge in [-0.1, -0.05) is 19.4 Å². The SMILES string of the molecule is CCCc1cc(NC(=O)CCn2ccccc2=O)n[nH]1. The van der Waals surface area contributed by atoms with E-state index >= 15 is 0 Å². The first kappa shape index (κ1) is 14.0. The lowest BCUT2D eigenvalue weighted by molar-refractivity contribution is -0.116. The molecule has 0 spiro atoms. The van der Waals surface area contributed by atoms with Gasteiger partial charge in [-0.2, -0.15) is 5.10 Å². The molecule has 0 atom stereocenters. The third-order valence-electron chi connectivity index (χ3n) is 2.90. The van der Waals surface area contributed by atoms with E-state index < -0.39 is 0 Å². The zero-order valence-corrected chi connectivity index (χ0v) is 11.4. The molecule has 2 rings (SSSR count). The summed E-state index contributed by atoms with van der Waals surface area (Å²) in [5.41, 5.74) is 0.896. The van der Waals surface area contributed by atoms with E-state index in [1.165, 1.54) is 10.6 Å². The van der Waals surface area contributed by atoms with Crippen LogP contribution in [-0.4, -0.2) is 20.7 Å². The summed E-state index contributed by atoms with van der Waals surface area (Å²) in [4.78, 5) is 23.3. The van der Waals surface area contributed by atoms with Gasteiger partial charge in [-0.3, -0.25) is 14.7 Å². The number of pyridine rings is 1. The molecule has 2 aromatic rings. The minimum atomic E-state index is -0.157. The zero-order chi connectivity index (χ0) is 14.4. The maximum atomic E-state index is 11.8. The van der Waals surface area contributed by atoms with Crippen molar-refractivity contribution >= 4 is 11.7 Å². The Morgan fingerprint density at radius 1 is 1.45 bits per heavy atom.